The molecule has 9 nitrogen and oxygen atoms in total. The zero-order valence-corrected chi connectivity index (χ0v) is 15.6. The summed E-state index contributed by atoms with van der Waals surface area (Å²) in [7, 11) is 0. The van der Waals surface area contributed by atoms with Gasteiger partial charge in [-0.3, -0.25) is 14.6 Å². The van der Waals surface area contributed by atoms with E-state index in [2.05, 4.69) is 15.6 Å². The highest BCUT2D eigenvalue weighted by Gasteiger charge is 2.37. The second kappa shape index (κ2) is 12.2. The first-order valence-electron chi connectivity index (χ1n) is 9.31. The number of rotatable bonds is 6. The third-order valence-electron chi connectivity index (χ3n) is 4.32. The quantitative estimate of drug-likeness (QED) is 0.272. The van der Waals surface area contributed by atoms with Gasteiger partial charge in [0.15, 0.2) is 5.96 Å². The zero-order valence-electron chi connectivity index (χ0n) is 15.6. The smallest absolute Gasteiger partial charge is 0.243 e. The van der Waals surface area contributed by atoms with Crippen molar-refractivity contribution in [2.75, 3.05) is 26.2 Å². The second-order valence-corrected chi connectivity index (χ2v) is 6.41. The summed E-state index contributed by atoms with van der Waals surface area (Å²) in [6.07, 6.45) is 6.19. The number of hydrogen-bond donors (Lipinski definition) is 4. The van der Waals surface area contributed by atoms with Gasteiger partial charge in [-0.1, -0.05) is 13.3 Å². The minimum absolute atomic E-state index is 0.0129. The van der Waals surface area contributed by atoms with Gasteiger partial charge >= 0.3 is 0 Å². The van der Waals surface area contributed by atoms with E-state index in [1.807, 2.05) is 6.92 Å². The Balaban J connectivity index is 0.000000412. The summed E-state index contributed by atoms with van der Waals surface area (Å²) in [4.78, 5) is 40.0. The molecule has 2 aliphatic heterocycles. The van der Waals surface area contributed by atoms with Crippen LogP contribution in [0, 0.1) is 0 Å². The molecule has 0 aromatic rings. The molecule has 0 bridgehead atoms. The van der Waals surface area contributed by atoms with Crippen LogP contribution in [0.2, 0.25) is 0 Å². The van der Waals surface area contributed by atoms with Crippen LogP contribution < -0.4 is 22.1 Å². The Morgan fingerprint density at radius 1 is 1.27 bits per heavy atom. The first-order valence-corrected chi connectivity index (χ1v) is 9.31. The zero-order chi connectivity index (χ0) is 19.4. The summed E-state index contributed by atoms with van der Waals surface area (Å²) in [5.74, 6) is -0.000868. The average Bonchev–Trinajstić information content (AvgIpc) is 3.15. The minimum Gasteiger partial charge on any atom is -0.370 e. The average molecular weight is 368 g/mol. The highest BCUT2D eigenvalue weighted by molar-refractivity contribution is 5.91. The number of amides is 2. The number of carbonyl (C=O) groups excluding carboxylic acids is 3. The van der Waals surface area contributed by atoms with Crippen molar-refractivity contribution in [2.45, 2.75) is 57.5 Å². The molecule has 26 heavy (non-hydrogen) atoms. The highest BCUT2D eigenvalue weighted by Crippen LogP contribution is 2.20. The fraction of sp³-hybridized carbons (Fsp3) is 0.765. The molecule has 2 saturated heterocycles. The molecule has 148 valence electrons. The number of hydrogen-bond acceptors (Lipinski definition) is 5. The van der Waals surface area contributed by atoms with Crippen molar-refractivity contribution in [2.24, 2.45) is 16.5 Å². The van der Waals surface area contributed by atoms with E-state index < -0.39 is 6.04 Å². The first-order chi connectivity index (χ1) is 12.5. The van der Waals surface area contributed by atoms with Gasteiger partial charge in [0.05, 0.1) is 12.6 Å². The largest absolute Gasteiger partial charge is 0.370 e. The molecule has 9 heteroatoms. The van der Waals surface area contributed by atoms with Crippen molar-refractivity contribution < 1.29 is 14.4 Å². The van der Waals surface area contributed by atoms with E-state index in [1.54, 1.807) is 4.90 Å². The molecule has 0 saturated carbocycles. The van der Waals surface area contributed by atoms with Crippen LogP contribution in [0.5, 0.6) is 0 Å². The van der Waals surface area contributed by atoms with Gasteiger partial charge in [-0.05, 0) is 38.6 Å². The van der Waals surface area contributed by atoms with E-state index in [1.165, 1.54) is 0 Å². The Morgan fingerprint density at radius 3 is 2.58 bits per heavy atom. The number of likely N-dealkylation sites (tertiary alicyclic amines) is 1. The number of nitrogens with one attached hydrogen (secondary N) is 2. The molecule has 0 radical (unpaired) electrons. The number of carbonyl (C=O) groups is 3. The third kappa shape index (κ3) is 7.38. The van der Waals surface area contributed by atoms with Crippen LogP contribution in [0.4, 0.5) is 0 Å². The SMILES string of the molecule is CCCN=C(N)N.O=CCNC(=O)[C@@H]1CCCN1C(=O)C1CCCCN1. The molecule has 0 aromatic carbocycles. The van der Waals surface area contributed by atoms with Crippen LogP contribution in [0.15, 0.2) is 4.99 Å². The summed E-state index contributed by atoms with van der Waals surface area (Å²) < 4.78 is 0. The lowest BCUT2D eigenvalue weighted by atomic mass is 10.0. The Bertz CT molecular complexity index is 487. The maximum Gasteiger partial charge on any atom is 0.243 e. The molecule has 1 unspecified atom stereocenters. The summed E-state index contributed by atoms with van der Waals surface area (Å²) in [6.45, 7) is 4.27. The molecule has 0 aliphatic carbocycles. The lowest BCUT2D eigenvalue weighted by Crippen LogP contribution is -2.53. The van der Waals surface area contributed by atoms with E-state index >= 15 is 0 Å². The lowest BCUT2D eigenvalue weighted by molar-refractivity contribution is -0.140. The van der Waals surface area contributed by atoms with Gasteiger partial charge in [0.25, 0.3) is 0 Å². The van der Waals surface area contributed by atoms with Crippen LogP contribution in [-0.4, -0.2) is 67.2 Å². The van der Waals surface area contributed by atoms with Gasteiger partial charge < -0.3 is 31.8 Å². The van der Waals surface area contributed by atoms with Crippen molar-refractivity contribution >= 4 is 24.1 Å². The van der Waals surface area contributed by atoms with Gasteiger partial charge in [0.2, 0.25) is 11.8 Å². The topological polar surface area (TPSA) is 143 Å². The highest BCUT2D eigenvalue weighted by atomic mass is 16.2. The van der Waals surface area contributed by atoms with E-state index in [4.69, 9.17) is 11.5 Å². The van der Waals surface area contributed by atoms with Crippen LogP contribution >= 0.6 is 0 Å². The van der Waals surface area contributed by atoms with Crippen LogP contribution in [0.3, 0.4) is 0 Å². The van der Waals surface area contributed by atoms with Crippen molar-refractivity contribution in [3.63, 3.8) is 0 Å². The fourth-order valence-electron chi connectivity index (χ4n) is 3.07. The van der Waals surface area contributed by atoms with Crippen molar-refractivity contribution in [1.82, 2.24) is 15.5 Å². The minimum atomic E-state index is -0.406. The lowest BCUT2D eigenvalue weighted by Gasteiger charge is -2.30. The molecule has 0 spiro atoms. The predicted molar refractivity (Wildman–Crippen MR) is 100 cm³/mol. The normalized spacial score (nSPS) is 22.0. The summed E-state index contributed by atoms with van der Waals surface area (Å²) in [6, 6.07) is -0.551. The molecule has 6 N–H and O–H groups in total. The predicted octanol–water partition coefficient (Wildman–Crippen LogP) is -0.896. The fourth-order valence-corrected chi connectivity index (χ4v) is 3.07. The van der Waals surface area contributed by atoms with Gasteiger partial charge in [0, 0.05) is 13.1 Å². The second-order valence-electron chi connectivity index (χ2n) is 6.41. The van der Waals surface area contributed by atoms with E-state index in [-0.39, 0.29) is 30.4 Å². The molecule has 2 aliphatic rings. The number of nitrogens with zero attached hydrogens (tertiary/aromatic N) is 2. The number of guanidine groups is 1. The number of nitrogens with two attached hydrogens (primary N) is 2. The van der Waals surface area contributed by atoms with Crippen molar-refractivity contribution in [3.8, 4) is 0 Å². The monoisotopic (exact) mass is 368 g/mol. The number of aldehydes is 1. The molecule has 2 amide bonds. The standard InChI is InChI=1S/C13H21N3O3.C4H11N3/c17-9-7-15-12(18)11-5-3-8-16(11)13(19)10-4-1-2-6-14-10;1-2-3-7-4(5)6/h9-11,14H,1-8H2,(H,15,18);2-3H2,1H3,(H4,5,6,7)/t10?,11-;/m0./s1. The number of piperidine rings is 1. The van der Waals surface area contributed by atoms with E-state index in [9.17, 15) is 14.4 Å². The summed E-state index contributed by atoms with van der Waals surface area (Å²) in [5.41, 5.74) is 10.0. The van der Waals surface area contributed by atoms with Gasteiger partial charge in [-0.2, -0.15) is 0 Å². The van der Waals surface area contributed by atoms with Gasteiger partial charge in [0.1, 0.15) is 12.3 Å². The molecule has 2 heterocycles. The molecular formula is C17H32N6O3. The van der Waals surface area contributed by atoms with Gasteiger partial charge in [-0.15, -0.1) is 0 Å². The van der Waals surface area contributed by atoms with E-state index in [0.29, 0.717) is 19.3 Å². The van der Waals surface area contributed by atoms with Crippen molar-refractivity contribution in [3.05, 3.63) is 0 Å². The molecule has 2 atom stereocenters. The maximum absolute atomic E-state index is 12.4. The van der Waals surface area contributed by atoms with Crippen LogP contribution in [0.25, 0.3) is 0 Å². The molecule has 0 aromatic heterocycles. The van der Waals surface area contributed by atoms with Gasteiger partial charge in [-0.25, -0.2) is 0 Å². The summed E-state index contributed by atoms with van der Waals surface area (Å²) >= 11 is 0. The Labute approximate surface area is 154 Å². The summed E-state index contributed by atoms with van der Waals surface area (Å²) in [5, 5.41) is 5.76. The van der Waals surface area contributed by atoms with Crippen molar-refractivity contribution in [1.29, 1.82) is 0 Å². The molecule has 2 fully saturated rings. The Hall–Kier alpha value is -2.16. The Morgan fingerprint density at radius 2 is 2.04 bits per heavy atom. The molecular weight excluding hydrogens is 336 g/mol. The van der Waals surface area contributed by atoms with Crippen LogP contribution in [-0.2, 0) is 14.4 Å². The Kier molecular flexibility index (Phi) is 10.3. The van der Waals surface area contributed by atoms with E-state index in [0.717, 1.165) is 45.2 Å². The first kappa shape index (κ1) is 21.9. The molecule has 2 rings (SSSR count). The van der Waals surface area contributed by atoms with Crippen LogP contribution in [0.1, 0.15) is 45.4 Å². The maximum atomic E-state index is 12.4. The third-order valence-corrected chi connectivity index (χ3v) is 4.32. The number of aliphatic imine (C=N–C) groups is 1.